The van der Waals surface area contributed by atoms with Crippen LogP contribution in [0.25, 0.3) is 11.0 Å². The molecular weight excluding hydrogens is 514 g/mol. The second-order valence-corrected chi connectivity index (χ2v) is 10.6. The van der Waals surface area contributed by atoms with E-state index in [2.05, 4.69) is 23.4 Å². The third-order valence-corrected chi connectivity index (χ3v) is 8.10. The van der Waals surface area contributed by atoms with Gasteiger partial charge in [-0.05, 0) is 68.3 Å². The standard InChI is InChI=1S/C30H36ClN5O3/c1-3-26(37)35-17-9-8-12-22(20-35)36-28-24(32-30(36)33-29(38)21-10-6-5-7-11-21)13-14-25(27(28)31)39-23-15-18-34(4-2)19-16-23/h3,5-7,10-11,13-14,22-23H,1,4,8-9,12,15-20H2,2H3,(H,32,33,38)/p-1. The van der Waals surface area contributed by atoms with Gasteiger partial charge in [0.2, 0.25) is 11.9 Å². The summed E-state index contributed by atoms with van der Waals surface area (Å²) >= 11 is 7.06. The summed E-state index contributed by atoms with van der Waals surface area (Å²) in [4.78, 5) is 26.0. The summed E-state index contributed by atoms with van der Waals surface area (Å²) < 4.78 is 8.36. The van der Waals surface area contributed by atoms with Crippen LogP contribution in [0.1, 0.15) is 50.6 Å². The molecule has 206 valence electrons. The van der Waals surface area contributed by atoms with E-state index in [0.29, 0.717) is 40.5 Å². The number of rotatable bonds is 7. The van der Waals surface area contributed by atoms with E-state index in [0.717, 1.165) is 51.7 Å². The molecule has 0 saturated carbocycles. The highest BCUT2D eigenvalue weighted by Gasteiger charge is 2.28. The van der Waals surface area contributed by atoms with E-state index in [9.17, 15) is 9.90 Å². The second kappa shape index (κ2) is 12.2. The van der Waals surface area contributed by atoms with E-state index >= 15 is 0 Å². The third-order valence-electron chi connectivity index (χ3n) is 7.73. The molecule has 0 aliphatic carbocycles. The van der Waals surface area contributed by atoms with Crippen molar-refractivity contribution in [1.29, 1.82) is 0 Å². The minimum atomic E-state index is -0.380. The Hall–Kier alpha value is -3.36. The van der Waals surface area contributed by atoms with Crippen molar-refractivity contribution >= 4 is 40.4 Å². The molecule has 2 aromatic carbocycles. The van der Waals surface area contributed by atoms with Crippen molar-refractivity contribution in [2.24, 2.45) is 4.99 Å². The SMILES string of the molecule is C=CC(=O)N1CCCCC(n2c(/N=C(\[O-])c3ccccc3)nc3ccc(OC4CCN(CC)CC4)c(Cl)c32)C1. The summed E-state index contributed by atoms with van der Waals surface area (Å²) in [6.45, 7) is 9.99. The van der Waals surface area contributed by atoms with Crippen molar-refractivity contribution in [1.82, 2.24) is 19.4 Å². The number of piperidine rings is 1. The van der Waals surface area contributed by atoms with Crippen LogP contribution in [-0.4, -0.2) is 70.0 Å². The van der Waals surface area contributed by atoms with Crippen LogP contribution in [0, 0.1) is 0 Å². The quantitative estimate of drug-likeness (QED) is 0.242. The number of hydrogen-bond acceptors (Lipinski definition) is 6. The van der Waals surface area contributed by atoms with Crippen molar-refractivity contribution in [3.8, 4) is 5.75 Å². The smallest absolute Gasteiger partial charge is 0.246 e. The first-order valence-electron chi connectivity index (χ1n) is 13.8. The Morgan fingerprint density at radius 3 is 2.64 bits per heavy atom. The Bertz CT molecular complexity index is 1350. The molecule has 9 heteroatoms. The number of aliphatic imine (C=N–C) groups is 1. The maximum atomic E-state index is 13.1. The molecule has 0 spiro atoms. The Labute approximate surface area is 234 Å². The molecule has 8 nitrogen and oxygen atoms in total. The fraction of sp³-hybridized carbons (Fsp3) is 0.433. The normalized spacial score (nSPS) is 19.7. The maximum Gasteiger partial charge on any atom is 0.246 e. The molecule has 1 aromatic heterocycles. The Balaban J connectivity index is 1.57. The third kappa shape index (κ3) is 5.97. The molecule has 2 aliphatic rings. The van der Waals surface area contributed by atoms with E-state index in [1.54, 1.807) is 29.2 Å². The van der Waals surface area contributed by atoms with Gasteiger partial charge in [0.25, 0.3) is 0 Å². The first-order chi connectivity index (χ1) is 19.0. The van der Waals surface area contributed by atoms with Gasteiger partial charge < -0.3 is 24.2 Å². The molecule has 2 aliphatic heterocycles. The zero-order valence-corrected chi connectivity index (χ0v) is 23.1. The fourth-order valence-corrected chi connectivity index (χ4v) is 5.85. The zero-order valence-electron chi connectivity index (χ0n) is 22.4. The van der Waals surface area contributed by atoms with Gasteiger partial charge in [-0.2, -0.15) is 0 Å². The van der Waals surface area contributed by atoms with Crippen molar-refractivity contribution in [2.75, 3.05) is 32.7 Å². The van der Waals surface area contributed by atoms with Gasteiger partial charge in [-0.25, -0.2) is 9.98 Å². The molecule has 1 atom stereocenters. The maximum absolute atomic E-state index is 13.1. The van der Waals surface area contributed by atoms with E-state index in [1.165, 1.54) is 6.08 Å². The monoisotopic (exact) mass is 548 g/mol. The average molecular weight is 549 g/mol. The van der Waals surface area contributed by atoms with Gasteiger partial charge in [-0.3, -0.25) is 4.79 Å². The average Bonchev–Trinajstić information content (AvgIpc) is 3.16. The molecule has 5 rings (SSSR count). The summed E-state index contributed by atoms with van der Waals surface area (Å²) in [6, 6.07) is 12.5. The number of imidazole rings is 1. The summed E-state index contributed by atoms with van der Waals surface area (Å²) in [5.74, 6) is 0.398. The van der Waals surface area contributed by atoms with Crippen LogP contribution in [-0.2, 0) is 4.79 Å². The number of ether oxygens (including phenoxy) is 1. The zero-order chi connectivity index (χ0) is 27.4. The Morgan fingerprint density at radius 2 is 1.92 bits per heavy atom. The van der Waals surface area contributed by atoms with Gasteiger partial charge in [0, 0.05) is 26.2 Å². The van der Waals surface area contributed by atoms with E-state index in [-0.39, 0.29) is 29.9 Å². The summed E-state index contributed by atoms with van der Waals surface area (Å²) in [5, 5.41) is 13.6. The lowest BCUT2D eigenvalue weighted by Crippen LogP contribution is -2.38. The van der Waals surface area contributed by atoms with Gasteiger partial charge >= 0.3 is 0 Å². The van der Waals surface area contributed by atoms with Crippen LogP contribution in [0.3, 0.4) is 0 Å². The fourth-order valence-electron chi connectivity index (χ4n) is 5.55. The lowest BCUT2D eigenvalue weighted by Gasteiger charge is -2.31. The number of hydrogen-bond donors (Lipinski definition) is 0. The van der Waals surface area contributed by atoms with Crippen molar-refractivity contribution in [3.63, 3.8) is 0 Å². The predicted octanol–water partition coefficient (Wildman–Crippen LogP) is 4.73. The summed E-state index contributed by atoms with van der Waals surface area (Å²) in [5.41, 5.74) is 1.80. The molecule has 2 fully saturated rings. The van der Waals surface area contributed by atoms with Gasteiger partial charge in [0.1, 0.15) is 16.9 Å². The van der Waals surface area contributed by atoms with E-state index < -0.39 is 0 Å². The number of nitrogens with zero attached hydrogens (tertiary/aromatic N) is 5. The largest absolute Gasteiger partial charge is 0.858 e. The van der Waals surface area contributed by atoms with Gasteiger partial charge in [0.05, 0.1) is 17.1 Å². The first kappa shape index (κ1) is 27.2. The van der Waals surface area contributed by atoms with E-state index in [1.807, 2.05) is 22.8 Å². The number of carbonyl (C=O) groups excluding carboxylic acids is 1. The molecule has 0 radical (unpaired) electrons. The van der Waals surface area contributed by atoms with Gasteiger partial charge in [-0.1, -0.05) is 55.4 Å². The summed E-state index contributed by atoms with van der Waals surface area (Å²) in [7, 11) is 0. The van der Waals surface area contributed by atoms with Crippen LogP contribution >= 0.6 is 11.6 Å². The number of benzene rings is 2. The number of amides is 1. The number of aromatic nitrogens is 2. The molecule has 0 bridgehead atoms. The predicted molar refractivity (Wildman–Crippen MR) is 153 cm³/mol. The van der Waals surface area contributed by atoms with Gasteiger partial charge in [-0.15, -0.1) is 0 Å². The van der Waals surface area contributed by atoms with Crippen LogP contribution < -0.4 is 9.84 Å². The van der Waals surface area contributed by atoms with Gasteiger partial charge in [0.15, 0.2) is 0 Å². The topological polar surface area (TPSA) is 86.0 Å². The molecular formula is C30H35ClN5O3-. The van der Waals surface area contributed by atoms with Crippen LogP contribution in [0.4, 0.5) is 5.95 Å². The molecule has 3 heterocycles. The molecule has 0 N–H and O–H groups in total. The van der Waals surface area contributed by atoms with Crippen LogP contribution in [0.15, 0.2) is 60.1 Å². The van der Waals surface area contributed by atoms with Crippen LogP contribution in [0.2, 0.25) is 5.02 Å². The van der Waals surface area contributed by atoms with Crippen molar-refractivity contribution in [2.45, 2.75) is 51.2 Å². The molecule has 1 amide bonds. The highest BCUT2D eigenvalue weighted by atomic mass is 35.5. The molecule has 2 saturated heterocycles. The Kier molecular flexibility index (Phi) is 8.53. The Morgan fingerprint density at radius 1 is 1.15 bits per heavy atom. The molecule has 39 heavy (non-hydrogen) atoms. The first-order valence-corrected chi connectivity index (χ1v) is 14.2. The van der Waals surface area contributed by atoms with Crippen molar-refractivity contribution < 1.29 is 14.6 Å². The van der Waals surface area contributed by atoms with E-state index in [4.69, 9.17) is 21.3 Å². The highest BCUT2D eigenvalue weighted by Crippen LogP contribution is 2.40. The minimum absolute atomic E-state index is 0.0847. The molecule has 1 unspecified atom stereocenters. The van der Waals surface area contributed by atoms with Crippen LogP contribution in [0.5, 0.6) is 5.75 Å². The number of fused-ring (bicyclic) bond motifs is 1. The highest BCUT2D eigenvalue weighted by molar-refractivity contribution is 6.36. The number of likely N-dealkylation sites (tertiary alicyclic amines) is 2. The second-order valence-electron chi connectivity index (χ2n) is 10.2. The number of carbonyl (C=O) groups is 1. The summed E-state index contributed by atoms with van der Waals surface area (Å²) in [6.07, 6.45) is 5.91. The number of halogens is 1. The lowest BCUT2D eigenvalue weighted by atomic mass is 10.1. The van der Waals surface area contributed by atoms with Crippen molar-refractivity contribution in [3.05, 3.63) is 65.7 Å². The molecule has 3 aromatic rings. The minimum Gasteiger partial charge on any atom is -0.858 e. The lowest BCUT2D eigenvalue weighted by molar-refractivity contribution is -0.212.